The fourth-order valence-corrected chi connectivity index (χ4v) is 21.0. The van der Waals surface area contributed by atoms with Gasteiger partial charge in [0.05, 0.1) is 65.1 Å². The third-order valence-electron chi connectivity index (χ3n) is 25.9. The molecule has 0 bridgehead atoms. The second kappa shape index (κ2) is 44.7. The van der Waals surface area contributed by atoms with Crippen molar-refractivity contribution in [1.29, 1.82) is 21.0 Å². The number of piperidine rings is 4. The Morgan fingerprint density at radius 2 is 0.723 bits per heavy atom. The van der Waals surface area contributed by atoms with Crippen LogP contribution in [-0.2, 0) is 29.6 Å². The molecule has 5 fully saturated rings. The molecule has 137 heavy (non-hydrogen) atoms. The van der Waals surface area contributed by atoms with Crippen LogP contribution in [0.5, 0.6) is 0 Å². The van der Waals surface area contributed by atoms with E-state index in [4.69, 9.17) is 5.73 Å². The lowest BCUT2D eigenvalue weighted by Gasteiger charge is -2.33. The van der Waals surface area contributed by atoms with E-state index in [1.54, 1.807) is 66.4 Å². The first-order valence-corrected chi connectivity index (χ1v) is 50.7. The Morgan fingerprint density at radius 3 is 1.04 bits per heavy atom. The first-order chi connectivity index (χ1) is 66.7. The molecule has 0 atom stereocenters. The monoisotopic (exact) mass is 1880 g/mol. The van der Waals surface area contributed by atoms with E-state index in [-0.39, 0.29) is 42.2 Å². The van der Waals surface area contributed by atoms with Crippen LogP contribution in [0.15, 0.2) is 267 Å². The van der Waals surface area contributed by atoms with Gasteiger partial charge in [0.2, 0.25) is 31.9 Å². The number of nitrogens with two attached hydrogens (primary N) is 1. The maximum absolute atomic E-state index is 12.1. The Hall–Kier alpha value is -14.6. The average molecular weight is 1880 g/mol. The molecule has 2 amide bonds. The Kier molecular flexibility index (Phi) is 31.2. The van der Waals surface area contributed by atoms with Gasteiger partial charge in [-0.25, -0.2) is 25.4 Å². The normalized spacial score (nSPS) is 15.3. The number of hydrogen-bond donors (Lipinski definition) is 6. The van der Waals surface area contributed by atoms with Gasteiger partial charge < -0.3 is 47.0 Å². The lowest BCUT2D eigenvalue weighted by molar-refractivity contribution is -0.131. The largest absolute Gasteiger partial charge is 0.382 e. The molecule has 29 heteroatoms. The summed E-state index contributed by atoms with van der Waals surface area (Å²) >= 11 is 1.75. The van der Waals surface area contributed by atoms with Crippen LogP contribution in [0.3, 0.4) is 0 Å². The molecule has 694 valence electrons. The average Bonchev–Trinajstić information content (AvgIpc) is 1.02. The number of nitrogens with one attached hydrogen (secondary N) is 5. The summed E-state index contributed by atoms with van der Waals surface area (Å²) in [7, 11) is -6.27. The molecule has 5 aliphatic rings. The van der Waals surface area contributed by atoms with Gasteiger partial charge in [-0.2, -0.15) is 32.4 Å². The number of benzene rings is 9. The number of thiophene rings is 1. The van der Waals surface area contributed by atoms with Gasteiger partial charge >= 0.3 is 0 Å². The summed E-state index contributed by atoms with van der Waals surface area (Å²) in [6.45, 7) is 12.7. The van der Waals surface area contributed by atoms with E-state index in [0.29, 0.717) is 67.6 Å². The van der Waals surface area contributed by atoms with Gasteiger partial charge in [0.15, 0.2) is 0 Å². The van der Waals surface area contributed by atoms with Gasteiger partial charge in [-0.3, -0.25) is 34.5 Å². The highest BCUT2D eigenvalue weighted by molar-refractivity contribution is 7.89. The van der Waals surface area contributed by atoms with Gasteiger partial charge in [-0.1, -0.05) is 48.5 Å². The Morgan fingerprint density at radius 1 is 0.401 bits per heavy atom. The number of carbonyl (C=O) groups excluding carboxylic acids is 2. The van der Waals surface area contributed by atoms with Crippen molar-refractivity contribution >= 4 is 125 Å². The van der Waals surface area contributed by atoms with Crippen LogP contribution >= 0.6 is 11.3 Å². The predicted molar refractivity (Wildman–Crippen MR) is 550 cm³/mol. The zero-order chi connectivity index (χ0) is 95.4. The highest BCUT2D eigenvalue weighted by atomic mass is 32.2. The summed E-state index contributed by atoms with van der Waals surface area (Å²) in [5, 5.41) is 70.3. The van der Waals surface area contributed by atoms with Crippen molar-refractivity contribution in [2.45, 2.75) is 89.4 Å². The second-order valence-corrected chi connectivity index (χ2v) is 39.8. The number of rotatable bonds is 18. The zero-order valence-corrected chi connectivity index (χ0v) is 79.2. The lowest BCUT2D eigenvalue weighted by atomic mass is 9.98. The molecular weight excluding hydrogens is 1770 g/mol. The predicted octanol–water partition coefficient (Wildman–Crippen LogP) is 18.3. The summed E-state index contributed by atoms with van der Waals surface area (Å²) < 4.78 is 50.9. The molecule has 7 N–H and O–H groups in total. The molecule has 20 rings (SSSR count). The van der Waals surface area contributed by atoms with E-state index >= 15 is 0 Å². The first-order valence-electron chi connectivity index (χ1n) is 46.3. The third kappa shape index (κ3) is 24.0. The molecule has 0 radical (unpaired) electrons. The first kappa shape index (κ1) is 95.5. The number of aromatic nitrogens is 5. The molecule has 0 unspecified atom stereocenters. The van der Waals surface area contributed by atoms with Crippen LogP contribution in [0.25, 0.3) is 109 Å². The van der Waals surface area contributed by atoms with Crippen LogP contribution in [0.2, 0.25) is 0 Å². The summed E-state index contributed by atoms with van der Waals surface area (Å²) in [6, 6.07) is 74.0. The maximum atomic E-state index is 12.1. The van der Waals surface area contributed by atoms with Crippen molar-refractivity contribution in [2.75, 3.05) is 123 Å². The quantitative estimate of drug-likeness (QED) is 0.0465. The fraction of sp³-hybridized carbons (Fsp3) is 0.269. The lowest BCUT2D eigenvalue weighted by Crippen LogP contribution is -2.44. The Balaban J connectivity index is 0.000000124. The van der Waals surface area contributed by atoms with E-state index in [0.717, 1.165) is 201 Å². The van der Waals surface area contributed by atoms with Crippen LogP contribution in [-0.4, -0.2) is 193 Å². The zero-order valence-electron chi connectivity index (χ0n) is 76.8. The molecule has 11 heterocycles. The smallest absolute Gasteiger partial charge is 0.236 e. The number of sulfonamides is 2. The minimum atomic E-state index is -3.14. The van der Waals surface area contributed by atoms with Crippen molar-refractivity contribution in [3.63, 3.8) is 0 Å². The number of nitrogens with zero attached hydrogens (tertiary/aromatic N) is 14. The minimum absolute atomic E-state index is 0.0115. The van der Waals surface area contributed by atoms with Crippen molar-refractivity contribution < 1.29 is 26.4 Å². The minimum Gasteiger partial charge on any atom is -0.382 e. The fourth-order valence-electron chi connectivity index (χ4n) is 18.4. The number of amides is 2. The van der Waals surface area contributed by atoms with E-state index in [2.05, 4.69) is 164 Å². The summed E-state index contributed by atoms with van der Waals surface area (Å²) in [6.07, 6.45) is 26.3. The molecule has 26 nitrogen and oxygen atoms in total. The molecule has 0 spiro atoms. The van der Waals surface area contributed by atoms with Crippen molar-refractivity contribution in [3.8, 4) is 79.9 Å². The Bertz CT molecular complexity index is 7290. The van der Waals surface area contributed by atoms with Gasteiger partial charge in [-0.05, 0) is 297 Å². The summed E-state index contributed by atoms with van der Waals surface area (Å²) in [4.78, 5) is 51.0. The number of fused-ring (bicyclic) bond motifs is 5. The van der Waals surface area contributed by atoms with Crippen LogP contribution < -0.4 is 37.2 Å². The molecule has 5 aliphatic heterocycles. The number of hydrogen-bond acceptors (Lipinski definition) is 23. The van der Waals surface area contributed by atoms with E-state index < -0.39 is 20.0 Å². The van der Waals surface area contributed by atoms with Crippen molar-refractivity contribution in [1.82, 2.24) is 48.6 Å². The second-order valence-electron chi connectivity index (χ2n) is 34.8. The topological polar surface area (TPSA) is 364 Å². The highest BCUT2D eigenvalue weighted by Gasteiger charge is 2.30. The number of piperazine rings is 1. The highest BCUT2D eigenvalue weighted by Crippen LogP contribution is 2.40. The molecule has 5 saturated heterocycles. The van der Waals surface area contributed by atoms with Gasteiger partial charge in [0, 0.05) is 227 Å². The van der Waals surface area contributed by atoms with E-state index in [1.165, 1.54) is 38.1 Å². The number of pyridine rings is 5. The summed E-state index contributed by atoms with van der Waals surface area (Å²) in [5.41, 5.74) is 24.1. The Labute approximate surface area is 803 Å². The number of anilines is 5. The molecule has 9 aromatic carbocycles. The van der Waals surface area contributed by atoms with Crippen LogP contribution in [0.4, 0.5) is 28.4 Å². The van der Waals surface area contributed by atoms with Crippen molar-refractivity contribution in [2.24, 2.45) is 5.73 Å². The van der Waals surface area contributed by atoms with Gasteiger partial charge in [0.1, 0.15) is 0 Å². The SMILES string of the molecule is CC(=O)N1CCC(Nc2cc(-c3cccc(C#N)c3)cc3ccncc23)CC1.CCS(=O)(=O)N1CCC(Nc2cc(-c3cccc(C#N)c3)cc3ccncc23)CC1.CS(=O)(=O)N1CCC(Nc2cc(-c3cccc(C#N)c3)cc3ccncc23)CC1.N#Cc1cccc(-c2cc(NC3CCN(C(=O)CN)CC3)c3cnccc3c2)c1.c1cc2cc(-c3ccsc3)cc(N3CCNCC3)c2cn1. The standard InChI is InChI=1S/C23H23N5O.C23H24N4O2S.C23H22N4O.C22H22N4O2S.C17H17N3S/c24-13-16-2-1-3-17(10-16)19-11-18-4-7-26-15-21(18)22(12-19)27-20-5-8-28(9-6-20)23(29)14-25;1-2-30(28,29)27-10-7-21(8-11-27)26-23-14-20(13-19-6-9-25-16-22(19)23)18-5-3-4-17(12-18)15-24;1-16(28)27-9-6-21(7-10-27)26-23-13-20(12-19-5-8-25-15-22(19)23)18-4-2-3-17(11-18)14-24;1-29(27,28)26-9-6-20(7-10-26)25-22-13-19(12-18-5-8-24-15-21(18)22)17-4-2-3-16(11-17)14-23;1-3-19-11-16-13(1)9-15(14-2-8-21-12-14)10-17(16)20-6-4-18-5-7-20/h1-4,7,10-12,15,20,27H,5-6,8-9,14,25H2;3-6,9,12-14,16,21,26H,2,7-8,10-11H2,1H3;2-5,8,11-13,15,21,26H,6-7,9-10H2,1H3;2-5,8,11-13,15,20,25H,6-7,9-10H2,1H3;1-3,8-12,18H,4-7H2. The van der Waals surface area contributed by atoms with Gasteiger partial charge in [0.25, 0.3) is 0 Å². The molecule has 15 aromatic rings. The summed E-state index contributed by atoms with van der Waals surface area (Å²) in [5.74, 6) is 0.301. The van der Waals surface area contributed by atoms with Crippen molar-refractivity contribution in [3.05, 3.63) is 289 Å². The molecule has 6 aromatic heterocycles. The maximum Gasteiger partial charge on any atom is 0.236 e. The third-order valence-corrected chi connectivity index (χ3v) is 29.8. The number of likely N-dealkylation sites (tertiary alicyclic amines) is 2. The number of carbonyl (C=O) groups is 2. The molecule has 0 aliphatic carbocycles. The van der Waals surface area contributed by atoms with Crippen LogP contribution in [0.1, 0.15) is 87.5 Å². The molecule has 0 saturated carbocycles. The van der Waals surface area contributed by atoms with Gasteiger partial charge in [-0.15, -0.1) is 0 Å². The van der Waals surface area contributed by atoms with E-state index in [1.807, 2.05) is 156 Å². The molecular formula is C108H108N20O6S3. The van der Waals surface area contributed by atoms with E-state index in [9.17, 15) is 47.5 Å². The number of nitriles is 4. The van der Waals surface area contributed by atoms with Crippen LogP contribution in [0, 0.1) is 45.3 Å².